The van der Waals surface area contributed by atoms with Crippen molar-refractivity contribution in [3.63, 3.8) is 0 Å². The highest BCUT2D eigenvalue weighted by Crippen LogP contribution is 2.39. The molecule has 0 spiro atoms. The van der Waals surface area contributed by atoms with E-state index in [1.807, 2.05) is 25.1 Å². The maximum absolute atomic E-state index is 11.1. The molecule has 0 bridgehead atoms. The van der Waals surface area contributed by atoms with Crippen molar-refractivity contribution in [1.82, 2.24) is 0 Å². The van der Waals surface area contributed by atoms with Gasteiger partial charge in [-0.25, -0.2) is 4.85 Å². The lowest BCUT2D eigenvalue weighted by Gasteiger charge is -2.09. The first kappa shape index (κ1) is 14.0. The number of aryl methyl sites for hydroxylation is 1. The van der Waals surface area contributed by atoms with Crippen molar-refractivity contribution in [3.8, 4) is 0 Å². The SMILES string of the molecule is [C-]#[N+]c1cc(Nc2cccc(C)c2)c([N+](=O)[O-])cc1[N+]#[C-]. The van der Waals surface area contributed by atoms with Gasteiger partial charge in [0, 0.05) is 11.8 Å². The van der Waals surface area contributed by atoms with Gasteiger partial charge >= 0.3 is 0 Å². The van der Waals surface area contributed by atoms with E-state index in [9.17, 15) is 10.1 Å². The Morgan fingerprint density at radius 1 is 1.14 bits per heavy atom. The first-order valence-corrected chi connectivity index (χ1v) is 5.96. The normalized spacial score (nSPS) is 9.48. The highest BCUT2D eigenvalue weighted by molar-refractivity contribution is 5.83. The van der Waals surface area contributed by atoms with Gasteiger partial charge in [0.25, 0.3) is 5.69 Å². The van der Waals surface area contributed by atoms with E-state index in [2.05, 4.69) is 15.0 Å². The fraction of sp³-hybridized carbons (Fsp3) is 0.0667. The van der Waals surface area contributed by atoms with Crippen LogP contribution >= 0.6 is 0 Å². The van der Waals surface area contributed by atoms with E-state index in [0.29, 0.717) is 5.69 Å². The van der Waals surface area contributed by atoms with Crippen molar-refractivity contribution in [1.29, 1.82) is 0 Å². The molecule has 0 fully saturated rings. The van der Waals surface area contributed by atoms with Crippen LogP contribution in [-0.2, 0) is 0 Å². The number of nitrogens with zero attached hydrogens (tertiary/aromatic N) is 3. The van der Waals surface area contributed by atoms with Gasteiger partial charge in [-0.15, -0.1) is 0 Å². The summed E-state index contributed by atoms with van der Waals surface area (Å²) >= 11 is 0. The maximum Gasteiger partial charge on any atom is 0.279 e. The van der Waals surface area contributed by atoms with E-state index in [1.165, 1.54) is 6.07 Å². The van der Waals surface area contributed by atoms with Crippen LogP contribution in [0.2, 0.25) is 0 Å². The van der Waals surface area contributed by atoms with Crippen molar-refractivity contribution in [2.45, 2.75) is 6.92 Å². The average molecular weight is 278 g/mol. The Hall–Kier alpha value is -3.38. The van der Waals surface area contributed by atoms with Gasteiger partial charge in [-0.1, -0.05) is 12.1 Å². The van der Waals surface area contributed by atoms with Gasteiger partial charge in [0.15, 0.2) is 5.69 Å². The summed E-state index contributed by atoms with van der Waals surface area (Å²) in [5.74, 6) is 0. The Labute approximate surface area is 121 Å². The molecule has 2 aromatic carbocycles. The maximum atomic E-state index is 11.1. The predicted octanol–water partition coefficient (Wildman–Crippen LogP) is 4.75. The van der Waals surface area contributed by atoms with Crippen molar-refractivity contribution in [2.24, 2.45) is 0 Å². The number of nitro groups is 1. The molecule has 0 aliphatic rings. The minimum Gasteiger partial charge on any atom is -0.351 e. The summed E-state index contributed by atoms with van der Waals surface area (Å²) in [6.07, 6.45) is 0. The molecule has 0 aliphatic carbocycles. The molecule has 2 rings (SSSR count). The number of nitrogens with one attached hydrogen (secondary N) is 1. The topological polar surface area (TPSA) is 63.9 Å². The third-order valence-electron chi connectivity index (χ3n) is 2.83. The van der Waals surface area contributed by atoms with E-state index >= 15 is 0 Å². The number of nitro benzene ring substituents is 1. The zero-order chi connectivity index (χ0) is 15.4. The Morgan fingerprint density at radius 3 is 2.38 bits per heavy atom. The van der Waals surface area contributed by atoms with Gasteiger partial charge in [0.1, 0.15) is 5.69 Å². The lowest BCUT2D eigenvalue weighted by molar-refractivity contribution is -0.383. The molecule has 0 unspecified atom stereocenters. The second-order valence-corrected chi connectivity index (χ2v) is 4.33. The molecule has 0 aromatic heterocycles. The lowest BCUT2D eigenvalue weighted by atomic mass is 10.2. The monoisotopic (exact) mass is 278 g/mol. The standard InChI is InChI=1S/C15H10N4O2/c1-10-5-4-6-11(7-10)18-14-8-12(16-2)13(17-3)9-15(14)19(20)21/h4-9,18H,1H3. The second-order valence-electron chi connectivity index (χ2n) is 4.33. The molecular formula is C15H10N4O2. The van der Waals surface area contributed by atoms with E-state index in [4.69, 9.17) is 13.1 Å². The van der Waals surface area contributed by atoms with Crippen molar-refractivity contribution < 1.29 is 4.92 Å². The number of anilines is 2. The molecule has 0 heterocycles. The predicted molar refractivity (Wildman–Crippen MR) is 80.1 cm³/mol. The summed E-state index contributed by atoms with van der Waals surface area (Å²) in [7, 11) is 0. The van der Waals surface area contributed by atoms with Crippen LogP contribution in [0.25, 0.3) is 9.69 Å². The lowest BCUT2D eigenvalue weighted by Crippen LogP contribution is -1.97. The van der Waals surface area contributed by atoms with Crippen LogP contribution in [0.4, 0.5) is 28.4 Å². The Kier molecular flexibility index (Phi) is 3.83. The van der Waals surface area contributed by atoms with Gasteiger partial charge in [-0.3, -0.25) is 15.0 Å². The van der Waals surface area contributed by atoms with Crippen LogP contribution < -0.4 is 5.32 Å². The summed E-state index contributed by atoms with van der Waals surface area (Å²) in [6, 6.07) is 9.80. The first-order valence-electron chi connectivity index (χ1n) is 5.96. The van der Waals surface area contributed by atoms with Crippen LogP contribution in [0.15, 0.2) is 36.4 Å². The molecule has 102 valence electrons. The first-order chi connectivity index (χ1) is 10.0. The zero-order valence-electron chi connectivity index (χ0n) is 11.1. The van der Waals surface area contributed by atoms with Gasteiger partial charge < -0.3 is 5.32 Å². The molecular weight excluding hydrogens is 268 g/mol. The van der Waals surface area contributed by atoms with Gasteiger partial charge in [-0.2, -0.15) is 0 Å². The number of rotatable bonds is 3. The Morgan fingerprint density at radius 2 is 1.81 bits per heavy atom. The summed E-state index contributed by atoms with van der Waals surface area (Å²) in [4.78, 5) is 16.9. The summed E-state index contributed by atoms with van der Waals surface area (Å²) < 4.78 is 0. The van der Waals surface area contributed by atoms with Crippen molar-refractivity contribution >= 4 is 28.4 Å². The van der Waals surface area contributed by atoms with E-state index in [0.717, 1.165) is 11.6 Å². The molecule has 0 saturated carbocycles. The van der Waals surface area contributed by atoms with Crippen LogP contribution in [0, 0.1) is 30.2 Å². The Bertz CT molecular complexity index is 800. The fourth-order valence-electron chi connectivity index (χ4n) is 1.87. The van der Waals surface area contributed by atoms with Gasteiger partial charge in [0.05, 0.1) is 18.1 Å². The molecule has 0 aliphatic heterocycles. The summed E-state index contributed by atoms with van der Waals surface area (Å²) in [5, 5.41) is 14.1. The molecule has 6 nitrogen and oxygen atoms in total. The number of benzene rings is 2. The van der Waals surface area contributed by atoms with Crippen LogP contribution in [0.1, 0.15) is 5.56 Å². The zero-order valence-corrected chi connectivity index (χ0v) is 11.1. The third-order valence-corrected chi connectivity index (χ3v) is 2.83. The minimum absolute atomic E-state index is 0.0218. The molecule has 0 saturated heterocycles. The fourth-order valence-corrected chi connectivity index (χ4v) is 1.87. The summed E-state index contributed by atoms with van der Waals surface area (Å²) in [6.45, 7) is 16.0. The van der Waals surface area contributed by atoms with Crippen molar-refractivity contribution in [3.05, 3.63) is 74.9 Å². The number of hydrogen-bond donors (Lipinski definition) is 1. The highest BCUT2D eigenvalue weighted by atomic mass is 16.6. The van der Waals surface area contributed by atoms with E-state index < -0.39 is 4.92 Å². The van der Waals surface area contributed by atoms with Crippen molar-refractivity contribution in [2.75, 3.05) is 5.32 Å². The largest absolute Gasteiger partial charge is 0.351 e. The second kappa shape index (κ2) is 5.72. The molecule has 0 atom stereocenters. The molecule has 6 heteroatoms. The average Bonchev–Trinajstić information content (AvgIpc) is 2.46. The third kappa shape index (κ3) is 2.96. The Balaban J connectivity index is 2.54. The minimum atomic E-state index is -0.569. The van der Waals surface area contributed by atoms with Gasteiger partial charge in [0.2, 0.25) is 5.69 Å². The summed E-state index contributed by atoms with van der Waals surface area (Å²) in [5.41, 5.74) is 1.73. The highest BCUT2D eigenvalue weighted by Gasteiger charge is 2.18. The molecule has 21 heavy (non-hydrogen) atoms. The smallest absolute Gasteiger partial charge is 0.279 e. The molecule has 0 amide bonds. The number of hydrogen-bond acceptors (Lipinski definition) is 3. The van der Waals surface area contributed by atoms with Gasteiger partial charge in [-0.05, 0) is 30.7 Å². The van der Waals surface area contributed by atoms with Crippen LogP contribution in [0.5, 0.6) is 0 Å². The van der Waals surface area contributed by atoms with E-state index in [-0.39, 0.29) is 22.7 Å². The van der Waals surface area contributed by atoms with E-state index in [1.54, 1.807) is 6.07 Å². The van der Waals surface area contributed by atoms with Crippen LogP contribution in [0.3, 0.4) is 0 Å². The molecule has 1 N–H and O–H groups in total. The van der Waals surface area contributed by atoms with Crippen LogP contribution in [-0.4, -0.2) is 4.92 Å². The quantitative estimate of drug-likeness (QED) is 0.500. The molecule has 0 radical (unpaired) electrons. The molecule has 2 aromatic rings.